The van der Waals surface area contributed by atoms with Crippen LogP contribution in [-0.4, -0.2) is 94.8 Å². The molecule has 1 unspecified atom stereocenters. The number of nitrogens with one attached hydrogen (secondary N) is 4. The first kappa shape index (κ1) is 32.1. The second-order valence-electron chi connectivity index (χ2n) is 11.5. The Hall–Kier alpha value is -4.27. The molecule has 0 saturated carbocycles. The molecule has 2 saturated heterocycles. The molecular weight excluding hydrogens is 578 g/mol. The highest BCUT2D eigenvalue weighted by Crippen LogP contribution is 2.24. The molecule has 13 heteroatoms. The van der Waals surface area contributed by atoms with Crippen molar-refractivity contribution in [2.24, 2.45) is 5.73 Å². The summed E-state index contributed by atoms with van der Waals surface area (Å²) in [6.45, 7) is 0.318. The van der Waals surface area contributed by atoms with Gasteiger partial charge < -0.3 is 37.2 Å². The molecule has 2 aromatic carbocycles. The lowest BCUT2D eigenvalue weighted by Gasteiger charge is -2.27. The Morgan fingerprint density at radius 2 is 1.44 bits per heavy atom. The molecule has 2 aliphatic heterocycles. The number of fused-ring (bicyclic) bond motifs is 1. The maximum Gasteiger partial charge on any atom is 0.251 e. The minimum Gasteiger partial charge on any atom is -0.383 e. The van der Waals surface area contributed by atoms with Crippen molar-refractivity contribution in [1.29, 1.82) is 0 Å². The number of aromatic nitrogens is 1. The van der Waals surface area contributed by atoms with Gasteiger partial charge in [0.15, 0.2) is 0 Å². The van der Waals surface area contributed by atoms with E-state index in [0.717, 1.165) is 15.8 Å². The van der Waals surface area contributed by atoms with E-state index in [9.17, 15) is 29.4 Å². The van der Waals surface area contributed by atoms with E-state index in [1.807, 2.05) is 54.6 Å². The van der Waals surface area contributed by atoms with Crippen molar-refractivity contribution < 1.29 is 29.4 Å². The van der Waals surface area contributed by atoms with Crippen LogP contribution in [0.15, 0.2) is 66.9 Å². The summed E-state index contributed by atoms with van der Waals surface area (Å²) in [7, 11) is 0. The van der Waals surface area contributed by atoms with Gasteiger partial charge in [-0.15, -0.1) is 0 Å². The first-order valence-corrected chi connectivity index (χ1v) is 15.1. The predicted octanol–water partition coefficient (Wildman–Crippen LogP) is -0.899. The van der Waals surface area contributed by atoms with Crippen molar-refractivity contribution in [2.75, 3.05) is 24.5 Å². The molecule has 6 atom stereocenters. The quantitative estimate of drug-likeness (QED) is 0.132. The third kappa shape index (κ3) is 7.88. The SMILES string of the molecule is NC[C@H](O)C(=O)NC1CN[C@H](C(=O)N(C(=O)[C@@H]2C[C@@H](NC(=O)[C@H](O)CCc3ccccc3)CN2)c2cnc3ccccc3c2)C1. The van der Waals surface area contributed by atoms with Crippen molar-refractivity contribution in [3.05, 3.63) is 72.4 Å². The molecule has 4 amide bonds. The topological polar surface area (TPSA) is 199 Å². The van der Waals surface area contributed by atoms with Gasteiger partial charge in [-0.25, -0.2) is 4.90 Å². The van der Waals surface area contributed by atoms with E-state index >= 15 is 0 Å². The summed E-state index contributed by atoms with van der Waals surface area (Å²) in [5.41, 5.74) is 7.39. The summed E-state index contributed by atoms with van der Waals surface area (Å²) < 4.78 is 0. The summed E-state index contributed by atoms with van der Waals surface area (Å²) >= 11 is 0. The highest BCUT2D eigenvalue weighted by atomic mass is 16.3. The number of anilines is 1. The average Bonchev–Trinajstić information content (AvgIpc) is 3.73. The Bertz CT molecular complexity index is 1520. The second-order valence-corrected chi connectivity index (χ2v) is 11.5. The molecule has 8 N–H and O–H groups in total. The number of para-hydroxylation sites is 1. The summed E-state index contributed by atoms with van der Waals surface area (Å²) in [5, 5.41) is 32.6. The van der Waals surface area contributed by atoms with Gasteiger partial charge in [-0.05, 0) is 43.4 Å². The number of nitrogens with zero attached hydrogens (tertiary/aromatic N) is 2. The van der Waals surface area contributed by atoms with Gasteiger partial charge in [0.25, 0.3) is 11.8 Å². The number of hydrogen-bond donors (Lipinski definition) is 7. The van der Waals surface area contributed by atoms with E-state index in [4.69, 9.17) is 5.73 Å². The smallest absolute Gasteiger partial charge is 0.251 e. The van der Waals surface area contributed by atoms with Gasteiger partial charge in [-0.2, -0.15) is 0 Å². The van der Waals surface area contributed by atoms with Crippen molar-refractivity contribution in [2.45, 2.75) is 62.1 Å². The van der Waals surface area contributed by atoms with Crippen LogP contribution in [-0.2, 0) is 25.6 Å². The van der Waals surface area contributed by atoms with Crippen LogP contribution in [0.25, 0.3) is 10.9 Å². The van der Waals surface area contributed by atoms with Gasteiger partial charge in [-0.3, -0.25) is 24.2 Å². The van der Waals surface area contributed by atoms with E-state index in [-0.39, 0.29) is 38.9 Å². The molecule has 2 aliphatic rings. The van der Waals surface area contributed by atoms with Gasteiger partial charge in [0.2, 0.25) is 11.8 Å². The molecule has 13 nitrogen and oxygen atoms in total. The van der Waals surface area contributed by atoms with Crippen LogP contribution < -0.4 is 31.9 Å². The van der Waals surface area contributed by atoms with Crippen LogP contribution in [0.3, 0.4) is 0 Å². The van der Waals surface area contributed by atoms with E-state index in [2.05, 4.69) is 26.3 Å². The maximum absolute atomic E-state index is 14.0. The van der Waals surface area contributed by atoms with E-state index in [0.29, 0.717) is 17.6 Å². The Morgan fingerprint density at radius 3 is 2.07 bits per heavy atom. The van der Waals surface area contributed by atoms with Crippen molar-refractivity contribution in [3.8, 4) is 0 Å². The van der Waals surface area contributed by atoms with E-state index in [1.54, 1.807) is 6.07 Å². The zero-order valence-corrected chi connectivity index (χ0v) is 24.8. The van der Waals surface area contributed by atoms with E-state index < -0.39 is 60.0 Å². The number of rotatable bonds is 11. The fraction of sp³-hybridized carbons (Fsp3) is 0.406. The Labute approximate surface area is 260 Å². The molecular formula is C32H39N7O6. The predicted molar refractivity (Wildman–Crippen MR) is 167 cm³/mol. The van der Waals surface area contributed by atoms with Crippen molar-refractivity contribution in [3.63, 3.8) is 0 Å². The van der Waals surface area contributed by atoms with Crippen LogP contribution in [0.5, 0.6) is 0 Å². The number of aliphatic hydroxyl groups is 2. The van der Waals surface area contributed by atoms with Crippen molar-refractivity contribution in [1.82, 2.24) is 26.3 Å². The number of carbonyl (C=O) groups is 4. The first-order chi connectivity index (χ1) is 21.7. The molecule has 1 aromatic heterocycles. The number of pyridine rings is 1. The zero-order chi connectivity index (χ0) is 31.9. The largest absolute Gasteiger partial charge is 0.383 e. The minimum atomic E-state index is -1.35. The van der Waals surface area contributed by atoms with Gasteiger partial charge in [-0.1, -0.05) is 48.5 Å². The standard InChI is InChI=1S/C32H39N7O6/c33-15-28(41)30(43)38-22-14-26(35-17-22)32(45)39(23-12-20-8-4-5-9-24(20)36-18-23)31(44)25-13-21(16-34-25)37-29(42)27(40)11-10-19-6-2-1-3-7-19/h1-9,12,18,21-22,25-28,34-35,40-41H,10-11,13-17,33H2,(H,37,42)(H,38,43)/t21-,22?,25+,26+,27-,28+/m1/s1. The van der Waals surface area contributed by atoms with Gasteiger partial charge in [0.1, 0.15) is 12.2 Å². The van der Waals surface area contributed by atoms with Gasteiger partial charge in [0, 0.05) is 37.1 Å². The fourth-order valence-corrected chi connectivity index (χ4v) is 5.70. The average molecular weight is 618 g/mol. The third-order valence-electron chi connectivity index (χ3n) is 8.20. The Morgan fingerprint density at radius 1 is 0.867 bits per heavy atom. The van der Waals surface area contributed by atoms with Gasteiger partial charge >= 0.3 is 0 Å². The number of imide groups is 1. The number of aliphatic hydroxyl groups excluding tert-OH is 2. The van der Waals surface area contributed by atoms with E-state index in [1.165, 1.54) is 6.20 Å². The van der Waals surface area contributed by atoms with Crippen LogP contribution in [0.2, 0.25) is 0 Å². The Kier molecular flexibility index (Phi) is 10.5. The molecule has 0 aliphatic carbocycles. The van der Waals surface area contributed by atoms with Gasteiger partial charge in [0.05, 0.1) is 29.5 Å². The fourth-order valence-electron chi connectivity index (χ4n) is 5.70. The first-order valence-electron chi connectivity index (χ1n) is 15.1. The number of aryl methyl sites for hydroxylation is 1. The molecule has 45 heavy (non-hydrogen) atoms. The van der Waals surface area contributed by atoms with Crippen LogP contribution in [0.4, 0.5) is 5.69 Å². The minimum absolute atomic E-state index is 0.199. The number of amides is 4. The normalized spacial score (nSPS) is 22.5. The molecule has 0 radical (unpaired) electrons. The number of carbonyl (C=O) groups excluding carboxylic acids is 4. The highest BCUT2D eigenvalue weighted by Gasteiger charge is 2.41. The second kappa shape index (κ2) is 14.7. The number of nitrogens with two attached hydrogens (primary N) is 1. The lowest BCUT2D eigenvalue weighted by atomic mass is 10.1. The number of benzene rings is 2. The summed E-state index contributed by atoms with van der Waals surface area (Å²) in [4.78, 5) is 58.4. The molecule has 5 rings (SSSR count). The lowest BCUT2D eigenvalue weighted by molar-refractivity contribution is -0.131. The van der Waals surface area contributed by atoms with Crippen molar-refractivity contribution >= 4 is 40.2 Å². The molecule has 3 heterocycles. The monoisotopic (exact) mass is 617 g/mol. The summed E-state index contributed by atoms with van der Waals surface area (Å²) in [6, 6.07) is 16.2. The zero-order valence-electron chi connectivity index (χ0n) is 24.8. The third-order valence-corrected chi connectivity index (χ3v) is 8.20. The highest BCUT2D eigenvalue weighted by molar-refractivity contribution is 6.18. The lowest BCUT2D eigenvalue weighted by Crippen LogP contribution is -2.52. The summed E-state index contributed by atoms with van der Waals surface area (Å²) in [6.07, 6.45) is 0.142. The van der Waals surface area contributed by atoms with Crippen LogP contribution in [0, 0.1) is 0 Å². The molecule has 0 bridgehead atoms. The van der Waals surface area contributed by atoms with Crippen LogP contribution >= 0.6 is 0 Å². The molecule has 2 fully saturated rings. The number of hydrogen-bond acceptors (Lipinski definition) is 10. The summed E-state index contributed by atoms with van der Waals surface area (Å²) in [5.74, 6) is -2.16. The maximum atomic E-state index is 14.0. The molecule has 238 valence electrons. The Balaban J connectivity index is 1.26. The molecule has 3 aromatic rings. The molecule has 0 spiro atoms. The van der Waals surface area contributed by atoms with Crippen LogP contribution in [0.1, 0.15) is 24.8 Å².